The van der Waals surface area contributed by atoms with E-state index < -0.39 is 5.97 Å². The van der Waals surface area contributed by atoms with Crippen LogP contribution in [0.15, 0.2) is 54.6 Å². The zero-order chi connectivity index (χ0) is 17.4. The summed E-state index contributed by atoms with van der Waals surface area (Å²) >= 11 is 0. The molecule has 1 unspecified atom stereocenters. The lowest BCUT2D eigenvalue weighted by Crippen LogP contribution is -2.37. The molecule has 5 heteroatoms. The molecule has 2 amide bonds. The third-order valence-electron chi connectivity index (χ3n) is 3.93. The highest BCUT2D eigenvalue weighted by molar-refractivity contribution is 5.87. The van der Waals surface area contributed by atoms with E-state index in [2.05, 4.69) is 29.7 Å². The Labute approximate surface area is 141 Å². The van der Waals surface area contributed by atoms with Crippen molar-refractivity contribution in [2.75, 3.05) is 6.54 Å². The Kier molecular flexibility index (Phi) is 6.37. The van der Waals surface area contributed by atoms with Crippen LogP contribution in [0.25, 0.3) is 0 Å². The van der Waals surface area contributed by atoms with Crippen LogP contribution >= 0.6 is 0 Å². The molecule has 0 aromatic heterocycles. The number of amides is 2. The second kappa shape index (κ2) is 8.72. The van der Waals surface area contributed by atoms with Crippen LogP contribution < -0.4 is 10.6 Å². The minimum absolute atomic E-state index is 0.230. The molecule has 0 aliphatic heterocycles. The van der Waals surface area contributed by atoms with Crippen molar-refractivity contribution in [2.45, 2.75) is 25.8 Å². The van der Waals surface area contributed by atoms with Gasteiger partial charge in [-0.25, -0.2) is 9.59 Å². The van der Waals surface area contributed by atoms with Crippen LogP contribution in [0.1, 0.15) is 40.7 Å². The van der Waals surface area contributed by atoms with Crippen molar-refractivity contribution in [3.63, 3.8) is 0 Å². The maximum absolute atomic E-state index is 11.9. The van der Waals surface area contributed by atoms with E-state index in [1.807, 2.05) is 18.2 Å². The number of rotatable bonds is 7. The van der Waals surface area contributed by atoms with Gasteiger partial charge >= 0.3 is 12.0 Å². The zero-order valence-corrected chi connectivity index (χ0v) is 13.7. The summed E-state index contributed by atoms with van der Waals surface area (Å²) in [7, 11) is 0. The van der Waals surface area contributed by atoms with E-state index >= 15 is 0 Å². The van der Waals surface area contributed by atoms with Gasteiger partial charge in [-0.15, -0.1) is 0 Å². The highest BCUT2D eigenvalue weighted by Crippen LogP contribution is 2.17. The molecule has 0 heterocycles. The monoisotopic (exact) mass is 326 g/mol. The first-order chi connectivity index (χ1) is 11.6. The van der Waals surface area contributed by atoms with Crippen LogP contribution in [0.4, 0.5) is 4.79 Å². The zero-order valence-electron chi connectivity index (χ0n) is 13.7. The van der Waals surface area contributed by atoms with Crippen LogP contribution in [0.3, 0.4) is 0 Å². The first-order valence-corrected chi connectivity index (χ1v) is 7.99. The van der Waals surface area contributed by atoms with E-state index in [9.17, 15) is 9.59 Å². The molecule has 1 atom stereocenters. The van der Waals surface area contributed by atoms with E-state index in [1.165, 1.54) is 17.7 Å². The first kappa shape index (κ1) is 17.5. The molecule has 2 aromatic carbocycles. The summed E-state index contributed by atoms with van der Waals surface area (Å²) in [5.74, 6) is -0.675. The Morgan fingerprint density at radius 2 is 1.67 bits per heavy atom. The second-order valence-electron chi connectivity index (χ2n) is 5.58. The highest BCUT2D eigenvalue weighted by atomic mass is 16.4. The molecule has 2 aromatic rings. The van der Waals surface area contributed by atoms with E-state index in [1.54, 1.807) is 12.1 Å². The first-order valence-electron chi connectivity index (χ1n) is 7.99. The number of benzene rings is 2. The highest BCUT2D eigenvalue weighted by Gasteiger charge is 2.10. The minimum atomic E-state index is -0.959. The largest absolute Gasteiger partial charge is 0.478 e. The van der Waals surface area contributed by atoms with Crippen molar-refractivity contribution in [3.05, 3.63) is 71.3 Å². The topological polar surface area (TPSA) is 78.4 Å². The fourth-order valence-electron chi connectivity index (χ4n) is 2.45. The van der Waals surface area contributed by atoms with Crippen molar-refractivity contribution in [1.82, 2.24) is 10.6 Å². The maximum atomic E-state index is 11.9. The van der Waals surface area contributed by atoms with Crippen molar-refractivity contribution in [3.8, 4) is 0 Å². The molecule has 0 aliphatic rings. The van der Waals surface area contributed by atoms with Gasteiger partial charge in [0.25, 0.3) is 0 Å². The molecule has 3 N–H and O–H groups in total. The summed E-state index contributed by atoms with van der Waals surface area (Å²) in [6.07, 6.45) is 0.945. The predicted octanol–water partition coefficient (Wildman–Crippen LogP) is 3.38. The second-order valence-corrected chi connectivity index (χ2v) is 5.58. The average molecular weight is 326 g/mol. The van der Waals surface area contributed by atoms with Crippen LogP contribution in [-0.2, 0) is 6.54 Å². The summed E-state index contributed by atoms with van der Waals surface area (Å²) in [4.78, 5) is 22.7. The van der Waals surface area contributed by atoms with Crippen LogP contribution in [0.2, 0.25) is 0 Å². The Bertz CT molecular complexity index is 669. The van der Waals surface area contributed by atoms with Crippen molar-refractivity contribution >= 4 is 12.0 Å². The van der Waals surface area contributed by atoms with E-state index in [0.29, 0.717) is 13.1 Å². The number of carbonyl (C=O) groups is 2. The summed E-state index contributed by atoms with van der Waals surface area (Å²) in [5, 5.41) is 14.5. The Hall–Kier alpha value is -2.82. The standard InChI is InChI=1S/C19H22N2O3/c1-2-15(16-6-4-3-5-7-16)13-21-19(24)20-12-14-8-10-17(11-9-14)18(22)23/h3-11,15H,2,12-13H2,1H3,(H,22,23)(H2,20,21,24). The Morgan fingerprint density at radius 3 is 2.25 bits per heavy atom. The lowest BCUT2D eigenvalue weighted by Gasteiger charge is -2.16. The van der Waals surface area contributed by atoms with Gasteiger partial charge in [0.2, 0.25) is 0 Å². The predicted molar refractivity (Wildman–Crippen MR) is 93.1 cm³/mol. The van der Waals surface area contributed by atoms with Crippen molar-refractivity contribution in [2.24, 2.45) is 0 Å². The van der Waals surface area contributed by atoms with Gasteiger partial charge in [-0.05, 0) is 29.7 Å². The molecule has 24 heavy (non-hydrogen) atoms. The summed E-state index contributed by atoms with van der Waals surface area (Å²) < 4.78 is 0. The quantitative estimate of drug-likeness (QED) is 0.730. The van der Waals surface area contributed by atoms with E-state index in [0.717, 1.165) is 12.0 Å². The summed E-state index contributed by atoms with van der Waals surface area (Å²) in [6.45, 7) is 3.03. The van der Waals surface area contributed by atoms with Crippen LogP contribution in [-0.4, -0.2) is 23.7 Å². The Balaban J connectivity index is 1.79. The smallest absolute Gasteiger partial charge is 0.335 e. The van der Waals surface area contributed by atoms with Gasteiger partial charge in [0.05, 0.1) is 5.56 Å². The van der Waals surface area contributed by atoms with E-state index in [4.69, 9.17) is 5.11 Å². The number of carboxylic acid groups (broad SMARTS) is 1. The number of nitrogens with one attached hydrogen (secondary N) is 2. The summed E-state index contributed by atoms with van der Waals surface area (Å²) in [5.41, 5.74) is 2.30. The van der Waals surface area contributed by atoms with Crippen LogP contribution in [0, 0.1) is 0 Å². The number of hydrogen-bond donors (Lipinski definition) is 3. The minimum Gasteiger partial charge on any atom is -0.478 e. The normalized spacial score (nSPS) is 11.5. The van der Waals surface area contributed by atoms with Gasteiger partial charge in [-0.3, -0.25) is 0 Å². The van der Waals surface area contributed by atoms with Gasteiger partial charge in [0, 0.05) is 19.0 Å². The lowest BCUT2D eigenvalue weighted by molar-refractivity contribution is 0.0697. The SMILES string of the molecule is CCC(CNC(=O)NCc1ccc(C(=O)O)cc1)c1ccccc1. The molecule has 5 nitrogen and oxygen atoms in total. The number of carboxylic acids is 1. The molecular weight excluding hydrogens is 304 g/mol. The molecule has 0 aliphatic carbocycles. The van der Waals surface area contributed by atoms with Gasteiger partial charge in [0.1, 0.15) is 0 Å². The molecule has 0 radical (unpaired) electrons. The summed E-state index contributed by atoms with van der Waals surface area (Å²) in [6, 6.07) is 16.3. The number of hydrogen-bond acceptors (Lipinski definition) is 2. The fraction of sp³-hybridized carbons (Fsp3) is 0.263. The molecule has 0 fully saturated rings. The molecule has 0 spiro atoms. The van der Waals surface area contributed by atoms with Crippen molar-refractivity contribution in [1.29, 1.82) is 0 Å². The lowest BCUT2D eigenvalue weighted by atomic mass is 9.97. The molecule has 0 bridgehead atoms. The van der Waals surface area contributed by atoms with Gasteiger partial charge in [-0.2, -0.15) is 0 Å². The third-order valence-corrected chi connectivity index (χ3v) is 3.93. The maximum Gasteiger partial charge on any atom is 0.335 e. The average Bonchev–Trinajstić information content (AvgIpc) is 2.61. The molecular formula is C19H22N2O3. The Morgan fingerprint density at radius 1 is 1.00 bits per heavy atom. The third kappa shape index (κ3) is 5.12. The number of aromatic carboxylic acids is 1. The van der Waals surface area contributed by atoms with Crippen molar-refractivity contribution < 1.29 is 14.7 Å². The van der Waals surface area contributed by atoms with Gasteiger partial charge < -0.3 is 15.7 Å². The number of urea groups is 1. The number of carbonyl (C=O) groups excluding carboxylic acids is 1. The van der Waals surface area contributed by atoms with Gasteiger partial charge in [0.15, 0.2) is 0 Å². The molecule has 0 saturated heterocycles. The molecule has 0 saturated carbocycles. The molecule has 2 rings (SSSR count). The molecule has 126 valence electrons. The van der Waals surface area contributed by atoms with Gasteiger partial charge in [-0.1, -0.05) is 49.4 Å². The fourth-order valence-corrected chi connectivity index (χ4v) is 2.45. The van der Waals surface area contributed by atoms with Crippen LogP contribution in [0.5, 0.6) is 0 Å². The van der Waals surface area contributed by atoms with E-state index in [-0.39, 0.29) is 17.5 Å².